The number of hydrogen-bond acceptors (Lipinski definition) is 1. The SMILES string of the molecule is CCc1cccc(N(C)C(=N)N(C)c2cc(C(F)(F)F)ccc2Br)c1. The van der Waals surface area contributed by atoms with E-state index in [-0.39, 0.29) is 11.6 Å². The van der Waals surface area contributed by atoms with Gasteiger partial charge in [0.25, 0.3) is 0 Å². The van der Waals surface area contributed by atoms with Crippen LogP contribution in [0.25, 0.3) is 0 Å². The molecule has 0 aliphatic rings. The van der Waals surface area contributed by atoms with Gasteiger partial charge >= 0.3 is 6.18 Å². The quantitative estimate of drug-likeness (QED) is 0.528. The van der Waals surface area contributed by atoms with Crippen LogP contribution in [-0.4, -0.2) is 20.1 Å². The molecule has 2 aromatic carbocycles. The zero-order valence-electron chi connectivity index (χ0n) is 14.2. The van der Waals surface area contributed by atoms with Crippen LogP contribution in [0.1, 0.15) is 18.1 Å². The topological polar surface area (TPSA) is 30.3 Å². The van der Waals surface area contributed by atoms with E-state index in [2.05, 4.69) is 15.9 Å². The summed E-state index contributed by atoms with van der Waals surface area (Å²) in [6.07, 6.45) is -3.57. The van der Waals surface area contributed by atoms with Crippen LogP contribution < -0.4 is 9.80 Å². The fraction of sp³-hybridized carbons (Fsp3) is 0.278. The van der Waals surface area contributed by atoms with Gasteiger partial charge in [-0.3, -0.25) is 5.41 Å². The summed E-state index contributed by atoms with van der Waals surface area (Å²) in [5.41, 5.74) is 1.46. The molecule has 0 aliphatic carbocycles. The van der Waals surface area contributed by atoms with Gasteiger partial charge in [0.1, 0.15) is 0 Å². The van der Waals surface area contributed by atoms with E-state index in [9.17, 15) is 13.2 Å². The van der Waals surface area contributed by atoms with Crippen LogP contribution in [0.2, 0.25) is 0 Å². The van der Waals surface area contributed by atoms with Crippen molar-refractivity contribution in [2.45, 2.75) is 19.5 Å². The molecular formula is C18H19BrF3N3. The largest absolute Gasteiger partial charge is 0.416 e. The van der Waals surface area contributed by atoms with Crippen LogP contribution in [0.15, 0.2) is 46.9 Å². The molecule has 0 bridgehead atoms. The highest BCUT2D eigenvalue weighted by molar-refractivity contribution is 9.10. The van der Waals surface area contributed by atoms with Crippen LogP contribution >= 0.6 is 15.9 Å². The minimum absolute atomic E-state index is 0.0632. The molecule has 0 amide bonds. The Balaban J connectivity index is 2.33. The highest BCUT2D eigenvalue weighted by Gasteiger charge is 2.31. The van der Waals surface area contributed by atoms with Gasteiger partial charge in [0.05, 0.1) is 11.3 Å². The van der Waals surface area contributed by atoms with E-state index in [0.717, 1.165) is 29.8 Å². The average Bonchev–Trinajstić information content (AvgIpc) is 2.59. The van der Waals surface area contributed by atoms with Gasteiger partial charge in [-0.05, 0) is 58.2 Å². The van der Waals surface area contributed by atoms with Crippen molar-refractivity contribution in [2.75, 3.05) is 23.9 Å². The van der Waals surface area contributed by atoms with E-state index in [0.29, 0.717) is 4.47 Å². The second-order valence-corrected chi connectivity index (χ2v) is 6.48. The summed E-state index contributed by atoms with van der Waals surface area (Å²) < 4.78 is 39.4. The predicted octanol–water partition coefficient (Wildman–Crippen LogP) is 5.54. The Bertz CT molecular complexity index is 774. The molecular weight excluding hydrogens is 395 g/mol. The molecule has 0 fully saturated rings. The number of guanidine groups is 1. The van der Waals surface area contributed by atoms with E-state index in [1.54, 1.807) is 19.0 Å². The maximum atomic E-state index is 13.0. The number of hydrogen-bond donors (Lipinski definition) is 1. The molecule has 0 aliphatic heterocycles. The summed E-state index contributed by atoms with van der Waals surface area (Å²) in [6, 6.07) is 11.1. The minimum atomic E-state index is -4.43. The van der Waals surface area contributed by atoms with Gasteiger partial charge in [0.2, 0.25) is 5.96 Å². The van der Waals surface area contributed by atoms with Gasteiger partial charge in [0, 0.05) is 24.3 Å². The van der Waals surface area contributed by atoms with E-state index in [1.807, 2.05) is 31.2 Å². The summed E-state index contributed by atoms with van der Waals surface area (Å²) in [5.74, 6) is 0.0632. The number of nitrogens with zero attached hydrogens (tertiary/aromatic N) is 2. The fourth-order valence-electron chi connectivity index (χ4n) is 2.39. The standard InChI is InChI=1S/C18H19BrF3N3/c1-4-12-6-5-7-14(10-12)24(2)17(23)25(3)16-11-13(18(20,21)22)8-9-15(16)19/h5-11,23H,4H2,1-3H3. The lowest BCUT2D eigenvalue weighted by atomic mass is 10.1. The molecule has 0 unspecified atom stereocenters. The predicted molar refractivity (Wildman–Crippen MR) is 99.5 cm³/mol. The van der Waals surface area contributed by atoms with Crippen LogP contribution in [0.5, 0.6) is 0 Å². The maximum absolute atomic E-state index is 13.0. The molecule has 0 aromatic heterocycles. The highest BCUT2D eigenvalue weighted by Crippen LogP contribution is 2.35. The molecule has 2 aromatic rings. The van der Waals surface area contributed by atoms with Gasteiger partial charge in [-0.2, -0.15) is 13.2 Å². The first kappa shape index (κ1) is 19.3. The third kappa shape index (κ3) is 4.34. The number of alkyl halides is 3. The minimum Gasteiger partial charge on any atom is -0.316 e. The van der Waals surface area contributed by atoms with Crippen molar-refractivity contribution in [1.82, 2.24) is 0 Å². The Morgan fingerprint density at radius 3 is 2.36 bits per heavy atom. The molecule has 0 atom stereocenters. The second-order valence-electron chi connectivity index (χ2n) is 5.63. The number of aryl methyl sites for hydroxylation is 1. The van der Waals surface area contributed by atoms with Gasteiger partial charge in [0.15, 0.2) is 0 Å². The first-order valence-corrected chi connectivity index (χ1v) is 8.46. The highest BCUT2D eigenvalue weighted by atomic mass is 79.9. The smallest absolute Gasteiger partial charge is 0.316 e. The van der Waals surface area contributed by atoms with E-state index >= 15 is 0 Å². The Morgan fingerprint density at radius 1 is 1.08 bits per heavy atom. The first-order chi connectivity index (χ1) is 11.6. The molecule has 0 heterocycles. The number of anilines is 2. The molecule has 0 radical (unpaired) electrons. The first-order valence-electron chi connectivity index (χ1n) is 7.66. The number of rotatable bonds is 3. The van der Waals surface area contributed by atoms with Crippen LogP contribution in [0, 0.1) is 5.41 Å². The van der Waals surface area contributed by atoms with Gasteiger partial charge in [-0.15, -0.1) is 0 Å². The van der Waals surface area contributed by atoms with E-state index in [4.69, 9.17) is 5.41 Å². The van der Waals surface area contributed by atoms with Gasteiger partial charge in [-0.25, -0.2) is 0 Å². The number of halogens is 4. The molecule has 134 valence electrons. The van der Waals surface area contributed by atoms with Gasteiger partial charge < -0.3 is 9.80 Å². The maximum Gasteiger partial charge on any atom is 0.416 e. The van der Waals surface area contributed by atoms with Crippen molar-refractivity contribution >= 4 is 33.3 Å². The van der Waals surface area contributed by atoms with Crippen LogP contribution in [0.4, 0.5) is 24.5 Å². The van der Waals surface area contributed by atoms with Crippen molar-refractivity contribution in [3.8, 4) is 0 Å². The van der Waals surface area contributed by atoms with Gasteiger partial charge in [-0.1, -0.05) is 19.1 Å². The lowest BCUT2D eigenvalue weighted by Gasteiger charge is -2.29. The van der Waals surface area contributed by atoms with E-state index in [1.165, 1.54) is 11.0 Å². The van der Waals surface area contributed by atoms with Crippen molar-refractivity contribution in [2.24, 2.45) is 0 Å². The molecule has 25 heavy (non-hydrogen) atoms. The Kier molecular flexibility index (Phi) is 5.77. The van der Waals surface area contributed by atoms with Crippen molar-refractivity contribution in [1.29, 1.82) is 5.41 Å². The summed E-state index contributed by atoms with van der Waals surface area (Å²) in [7, 11) is 3.29. The molecule has 0 saturated carbocycles. The zero-order chi connectivity index (χ0) is 18.8. The molecule has 0 saturated heterocycles. The fourth-order valence-corrected chi connectivity index (χ4v) is 2.91. The lowest BCUT2D eigenvalue weighted by molar-refractivity contribution is -0.137. The Labute approximate surface area is 153 Å². The third-order valence-electron chi connectivity index (χ3n) is 3.98. The molecule has 1 N–H and O–H groups in total. The van der Waals surface area contributed by atoms with Crippen molar-refractivity contribution < 1.29 is 13.2 Å². The zero-order valence-corrected chi connectivity index (χ0v) is 15.7. The summed E-state index contributed by atoms with van der Waals surface area (Å²) >= 11 is 3.27. The molecule has 2 rings (SSSR count). The Hall–Kier alpha value is -2.02. The normalized spacial score (nSPS) is 11.3. The van der Waals surface area contributed by atoms with Crippen LogP contribution in [-0.2, 0) is 12.6 Å². The van der Waals surface area contributed by atoms with E-state index < -0.39 is 11.7 Å². The number of benzene rings is 2. The number of nitrogens with one attached hydrogen (secondary N) is 1. The molecule has 0 spiro atoms. The second kappa shape index (κ2) is 7.47. The molecule has 3 nitrogen and oxygen atoms in total. The van der Waals surface area contributed by atoms with Crippen LogP contribution in [0.3, 0.4) is 0 Å². The molecule has 7 heteroatoms. The third-order valence-corrected chi connectivity index (χ3v) is 4.65. The van der Waals surface area contributed by atoms with Crippen molar-refractivity contribution in [3.05, 3.63) is 58.1 Å². The average molecular weight is 414 g/mol. The summed E-state index contributed by atoms with van der Waals surface area (Å²) in [5, 5.41) is 8.38. The summed E-state index contributed by atoms with van der Waals surface area (Å²) in [4.78, 5) is 3.05. The lowest BCUT2D eigenvalue weighted by Crippen LogP contribution is -2.40. The van der Waals surface area contributed by atoms with Crippen molar-refractivity contribution in [3.63, 3.8) is 0 Å². The summed E-state index contributed by atoms with van der Waals surface area (Å²) in [6.45, 7) is 2.04. The monoisotopic (exact) mass is 413 g/mol. The Morgan fingerprint density at radius 2 is 1.76 bits per heavy atom.